The van der Waals surface area contributed by atoms with Crippen molar-refractivity contribution < 1.29 is 53.4 Å². The minimum Gasteiger partial charge on any atom is -0.480 e. The summed E-state index contributed by atoms with van der Waals surface area (Å²) in [6, 6.07) is 0.548. The van der Waals surface area contributed by atoms with E-state index in [0.29, 0.717) is 17.7 Å². The monoisotopic (exact) mass is 969 g/mol. The number of aromatic nitrogens is 2. The van der Waals surface area contributed by atoms with Gasteiger partial charge in [-0.2, -0.15) is 0 Å². The standard InChI is InChI=1S/C41H63N17O11/c42-17-31(60)50-19-32(61)53-25(9-4-12-48-40(43)44)34(63)51-20-33(62)54-28(16-24-18-47-22-52-24)36(65)57-29(21-59)38(67)58-14-6-11-30(58)37(66)56-27(15-23-7-2-1-3-8-23)35(64)55-26(39(68)69)10-5-13-49-41(45)46/h1-3,7-8,18,22,25-30,59H,4-6,9-17,19-21,42H2,(H,47,52)(H,50,60)(H,51,63)(H,53,61)(H,54,62)(H,55,64)(H,56,66)(H,57,65)(H,68,69)(H4,43,44,48)(H4,45,46,49)/t25-,26-,27-,28-,29-,30-/m0/s1. The van der Waals surface area contributed by atoms with E-state index < -0.39 is 109 Å². The molecule has 1 aromatic heterocycles. The van der Waals surface area contributed by atoms with Crippen LogP contribution >= 0.6 is 0 Å². The van der Waals surface area contributed by atoms with Crippen LogP contribution in [-0.2, 0) is 56.0 Å². The lowest BCUT2D eigenvalue weighted by molar-refractivity contribution is -0.144. The van der Waals surface area contributed by atoms with Crippen molar-refractivity contribution in [3.63, 3.8) is 0 Å². The molecule has 2 aromatic rings. The van der Waals surface area contributed by atoms with Crippen LogP contribution in [-0.4, -0.2) is 172 Å². The van der Waals surface area contributed by atoms with Crippen LogP contribution in [0.2, 0.25) is 0 Å². The van der Waals surface area contributed by atoms with Crippen LogP contribution in [0.5, 0.6) is 0 Å². The van der Waals surface area contributed by atoms with Crippen molar-refractivity contribution in [3.8, 4) is 0 Å². The van der Waals surface area contributed by atoms with Crippen molar-refractivity contribution in [2.45, 2.75) is 87.6 Å². The van der Waals surface area contributed by atoms with Crippen molar-refractivity contribution >= 4 is 65.1 Å². The molecule has 1 aliphatic rings. The van der Waals surface area contributed by atoms with E-state index in [4.69, 9.17) is 28.7 Å². The summed E-state index contributed by atoms with van der Waals surface area (Å²) in [6.45, 7) is -2.23. The number of carbonyl (C=O) groups is 9. The Bertz CT molecular complexity index is 2120. The van der Waals surface area contributed by atoms with Crippen LogP contribution < -0.4 is 65.9 Å². The average Bonchev–Trinajstić information content (AvgIpc) is 4.04. The molecule has 20 N–H and O–H groups in total. The number of rotatable bonds is 29. The Balaban J connectivity index is 1.72. The number of aromatic amines is 1. The Kier molecular flexibility index (Phi) is 23.3. The van der Waals surface area contributed by atoms with Gasteiger partial charge in [0.1, 0.15) is 36.3 Å². The fourth-order valence-corrected chi connectivity index (χ4v) is 6.95. The maximum atomic E-state index is 14.0. The number of nitrogens with zero attached hydrogens (tertiary/aromatic N) is 4. The Morgan fingerprint density at radius 3 is 1.87 bits per heavy atom. The largest absolute Gasteiger partial charge is 0.480 e. The van der Waals surface area contributed by atoms with Gasteiger partial charge in [-0.1, -0.05) is 30.3 Å². The molecule has 0 radical (unpaired) electrons. The van der Waals surface area contributed by atoms with E-state index >= 15 is 0 Å². The zero-order valence-corrected chi connectivity index (χ0v) is 37.9. The van der Waals surface area contributed by atoms with Gasteiger partial charge in [-0.25, -0.2) is 9.78 Å². The summed E-state index contributed by atoms with van der Waals surface area (Å²) in [5, 5.41) is 37.4. The van der Waals surface area contributed by atoms with Gasteiger partial charge < -0.3 is 86.0 Å². The van der Waals surface area contributed by atoms with Gasteiger partial charge in [-0.05, 0) is 44.1 Å². The van der Waals surface area contributed by atoms with Crippen molar-refractivity contribution in [1.29, 1.82) is 0 Å². The molecule has 0 unspecified atom stereocenters. The lowest BCUT2D eigenvalue weighted by Gasteiger charge is -2.30. The molecule has 0 saturated carbocycles. The second kappa shape index (κ2) is 29.0. The molecule has 1 aromatic carbocycles. The number of hydrogen-bond acceptors (Lipinski definition) is 14. The second-order valence-corrected chi connectivity index (χ2v) is 15.7. The smallest absolute Gasteiger partial charge is 0.326 e. The van der Waals surface area contributed by atoms with Gasteiger partial charge in [0.05, 0.1) is 32.6 Å². The number of aliphatic carboxylic acids is 1. The third-order valence-electron chi connectivity index (χ3n) is 10.4. The minimum absolute atomic E-state index is 0.0161. The highest BCUT2D eigenvalue weighted by Gasteiger charge is 2.40. The first-order valence-corrected chi connectivity index (χ1v) is 21.9. The molecule has 2 heterocycles. The third kappa shape index (κ3) is 19.9. The molecule has 28 heteroatoms. The molecule has 1 aliphatic heterocycles. The predicted octanol–water partition coefficient (Wildman–Crippen LogP) is -7.01. The summed E-state index contributed by atoms with van der Waals surface area (Å²) in [7, 11) is 0. The predicted molar refractivity (Wildman–Crippen MR) is 246 cm³/mol. The van der Waals surface area contributed by atoms with E-state index in [1.165, 1.54) is 12.5 Å². The van der Waals surface area contributed by atoms with Crippen LogP contribution in [0.25, 0.3) is 0 Å². The van der Waals surface area contributed by atoms with Crippen LogP contribution in [0, 0.1) is 0 Å². The SMILES string of the molecule is NCC(=O)NCC(=O)N[C@@H](CCCN=C(N)N)C(=O)NCC(=O)N[C@@H](Cc1cnc[nH]1)C(=O)N[C@@H](CO)C(=O)N1CCC[C@H]1C(=O)N[C@@H](Cc1ccccc1)C(=O)N[C@@H](CCCN=C(N)N)C(=O)O. The number of imidazole rings is 1. The van der Waals surface area contributed by atoms with Crippen molar-refractivity contribution in [1.82, 2.24) is 52.1 Å². The normalized spacial score (nSPS) is 15.1. The lowest BCUT2D eigenvalue weighted by Crippen LogP contribution is -2.60. The van der Waals surface area contributed by atoms with Crippen LogP contribution in [0.4, 0.5) is 0 Å². The van der Waals surface area contributed by atoms with Gasteiger partial charge in [0.25, 0.3) is 0 Å². The first-order chi connectivity index (χ1) is 32.9. The molecular weight excluding hydrogens is 907 g/mol. The maximum Gasteiger partial charge on any atom is 0.326 e. The number of nitrogens with one attached hydrogen (secondary N) is 8. The number of carboxylic acids is 1. The Hall–Kier alpha value is -7.88. The van der Waals surface area contributed by atoms with E-state index in [-0.39, 0.29) is 83.0 Å². The fourth-order valence-electron chi connectivity index (χ4n) is 6.95. The third-order valence-corrected chi connectivity index (χ3v) is 10.4. The summed E-state index contributed by atoms with van der Waals surface area (Å²) < 4.78 is 0. The summed E-state index contributed by atoms with van der Waals surface area (Å²) >= 11 is 0. The quantitative estimate of drug-likeness (QED) is 0.0205. The molecule has 6 atom stereocenters. The minimum atomic E-state index is -1.62. The molecule has 28 nitrogen and oxygen atoms in total. The number of carboxylic acid groups (broad SMARTS) is 1. The number of likely N-dealkylation sites (tertiary alicyclic amines) is 1. The van der Waals surface area contributed by atoms with Crippen molar-refractivity contribution in [3.05, 3.63) is 54.1 Å². The van der Waals surface area contributed by atoms with Gasteiger partial charge >= 0.3 is 5.97 Å². The first kappa shape index (κ1) is 55.4. The van der Waals surface area contributed by atoms with E-state index in [2.05, 4.69) is 57.2 Å². The second-order valence-electron chi connectivity index (χ2n) is 15.7. The van der Waals surface area contributed by atoms with Gasteiger partial charge in [-0.3, -0.25) is 48.3 Å². The number of nitrogens with two attached hydrogens (primary N) is 5. The van der Waals surface area contributed by atoms with E-state index in [0.717, 1.165) is 4.90 Å². The number of benzene rings is 1. The Morgan fingerprint density at radius 2 is 1.30 bits per heavy atom. The molecule has 0 bridgehead atoms. The van der Waals surface area contributed by atoms with E-state index in [9.17, 15) is 53.4 Å². The average molecular weight is 970 g/mol. The summed E-state index contributed by atoms with van der Waals surface area (Å²) in [5.41, 5.74) is 27.7. The molecule has 8 amide bonds. The van der Waals surface area contributed by atoms with Crippen molar-refractivity contribution in [2.24, 2.45) is 38.7 Å². The van der Waals surface area contributed by atoms with E-state index in [1.54, 1.807) is 30.3 Å². The molecule has 0 aliphatic carbocycles. The molecule has 1 saturated heterocycles. The van der Waals surface area contributed by atoms with Crippen LogP contribution in [0.3, 0.4) is 0 Å². The molecule has 378 valence electrons. The van der Waals surface area contributed by atoms with Gasteiger partial charge in [0.2, 0.25) is 47.3 Å². The van der Waals surface area contributed by atoms with Crippen molar-refractivity contribution in [2.75, 3.05) is 45.9 Å². The van der Waals surface area contributed by atoms with Gasteiger partial charge in [-0.15, -0.1) is 0 Å². The highest BCUT2D eigenvalue weighted by molar-refractivity contribution is 5.97. The topological polar surface area (TPSA) is 465 Å². The zero-order valence-electron chi connectivity index (χ0n) is 37.9. The molecule has 69 heavy (non-hydrogen) atoms. The number of guanidine groups is 2. The van der Waals surface area contributed by atoms with Crippen LogP contribution in [0.1, 0.15) is 49.8 Å². The summed E-state index contributed by atoms with van der Waals surface area (Å²) in [4.78, 5) is 133. The molecule has 0 spiro atoms. The molecular formula is C41H63N17O11. The Labute approximate surface area is 396 Å². The lowest BCUT2D eigenvalue weighted by atomic mass is 10.0. The Morgan fingerprint density at radius 1 is 0.725 bits per heavy atom. The number of aliphatic hydroxyl groups excluding tert-OH is 1. The first-order valence-electron chi connectivity index (χ1n) is 21.9. The summed E-state index contributed by atoms with van der Waals surface area (Å²) in [5.74, 6) is -8.06. The molecule has 3 rings (SSSR count). The molecule has 1 fully saturated rings. The summed E-state index contributed by atoms with van der Waals surface area (Å²) in [6.07, 6.45) is 3.36. The van der Waals surface area contributed by atoms with Crippen LogP contribution in [0.15, 0.2) is 52.8 Å². The zero-order chi connectivity index (χ0) is 50.9. The number of aliphatic imine (C=N–C) groups is 2. The van der Waals surface area contributed by atoms with E-state index in [1.807, 2.05) is 0 Å². The van der Waals surface area contributed by atoms with Gasteiger partial charge in [0.15, 0.2) is 11.9 Å². The maximum absolute atomic E-state index is 14.0. The fraction of sp³-hybridized carbons (Fsp3) is 0.512. The van der Waals surface area contributed by atoms with Gasteiger partial charge in [0, 0.05) is 44.4 Å². The number of aliphatic hydroxyl groups is 1. The highest BCUT2D eigenvalue weighted by atomic mass is 16.4. The number of amides is 8. The number of hydrogen-bond donors (Lipinski definition) is 15. The highest BCUT2D eigenvalue weighted by Crippen LogP contribution is 2.20. The number of carbonyl (C=O) groups excluding carboxylic acids is 8. The number of H-pyrrole nitrogens is 1.